The van der Waals surface area contributed by atoms with Crippen LogP contribution in [0.4, 0.5) is 10.6 Å². The van der Waals surface area contributed by atoms with Gasteiger partial charge in [0.15, 0.2) is 0 Å². The molecule has 11 nitrogen and oxygen atoms in total. The Labute approximate surface area is 262 Å². The van der Waals surface area contributed by atoms with Crippen molar-refractivity contribution in [1.29, 1.82) is 0 Å². The fourth-order valence-electron chi connectivity index (χ4n) is 4.62. The van der Waals surface area contributed by atoms with Crippen molar-refractivity contribution in [2.75, 3.05) is 31.7 Å². The lowest BCUT2D eigenvalue weighted by atomic mass is 9.78. The van der Waals surface area contributed by atoms with Gasteiger partial charge in [-0.3, -0.25) is 19.7 Å². The molecule has 0 aromatic carbocycles. The van der Waals surface area contributed by atoms with Gasteiger partial charge in [-0.2, -0.15) is 0 Å². The number of amides is 2. The van der Waals surface area contributed by atoms with E-state index in [0.717, 1.165) is 12.8 Å². The molecule has 0 radical (unpaired) electrons. The molecule has 2 amide bonds. The summed E-state index contributed by atoms with van der Waals surface area (Å²) in [7, 11) is 0. The molecular formula is C33H53N3O8. The summed E-state index contributed by atoms with van der Waals surface area (Å²) in [5.74, 6) is -1.30. The van der Waals surface area contributed by atoms with E-state index in [2.05, 4.69) is 15.6 Å². The summed E-state index contributed by atoms with van der Waals surface area (Å²) in [6.07, 6.45) is 2.51. The minimum absolute atomic E-state index is 0.0765. The Hall–Kier alpha value is -3.05. The number of pyridine rings is 1. The number of nitrogens with one attached hydrogen (secondary N) is 2. The Morgan fingerprint density at radius 1 is 0.977 bits per heavy atom. The molecule has 0 aliphatic carbocycles. The van der Waals surface area contributed by atoms with Gasteiger partial charge >= 0.3 is 12.1 Å². The van der Waals surface area contributed by atoms with Gasteiger partial charge in [0, 0.05) is 32.3 Å². The fourth-order valence-corrected chi connectivity index (χ4v) is 4.62. The lowest BCUT2D eigenvalue weighted by molar-refractivity contribution is -0.168. The van der Waals surface area contributed by atoms with Gasteiger partial charge in [0.2, 0.25) is 5.91 Å². The highest BCUT2D eigenvalue weighted by Gasteiger charge is 2.40. The van der Waals surface area contributed by atoms with Gasteiger partial charge in [-0.15, -0.1) is 0 Å². The monoisotopic (exact) mass is 619 g/mol. The number of carbonyl (C=O) groups excluding carboxylic acids is 4. The Kier molecular flexibility index (Phi) is 13.8. The van der Waals surface area contributed by atoms with Crippen LogP contribution in [0.3, 0.4) is 0 Å². The van der Waals surface area contributed by atoms with Crippen molar-refractivity contribution < 1.29 is 38.1 Å². The Balaban J connectivity index is 2.21. The molecule has 0 saturated carbocycles. The van der Waals surface area contributed by atoms with Crippen LogP contribution in [0.2, 0.25) is 0 Å². The number of carbonyl (C=O) groups is 4. The van der Waals surface area contributed by atoms with E-state index in [9.17, 15) is 19.2 Å². The molecule has 1 aliphatic heterocycles. The van der Waals surface area contributed by atoms with Crippen LogP contribution in [0.1, 0.15) is 93.6 Å². The molecule has 1 aliphatic rings. The highest BCUT2D eigenvalue weighted by atomic mass is 16.6. The van der Waals surface area contributed by atoms with Gasteiger partial charge in [-0.25, -0.2) is 9.78 Å². The Morgan fingerprint density at radius 2 is 1.59 bits per heavy atom. The Morgan fingerprint density at radius 3 is 2.14 bits per heavy atom. The molecule has 248 valence electrons. The highest BCUT2D eigenvalue weighted by molar-refractivity contribution is 5.91. The highest BCUT2D eigenvalue weighted by Crippen LogP contribution is 2.32. The van der Waals surface area contributed by atoms with Crippen molar-refractivity contribution in [3.05, 3.63) is 23.9 Å². The molecule has 0 unspecified atom stereocenters. The molecule has 0 spiro atoms. The van der Waals surface area contributed by atoms with Crippen LogP contribution >= 0.6 is 0 Å². The van der Waals surface area contributed by atoms with Crippen molar-refractivity contribution in [1.82, 2.24) is 10.3 Å². The van der Waals surface area contributed by atoms with E-state index in [1.165, 1.54) is 0 Å². The first-order valence-electron chi connectivity index (χ1n) is 15.5. The minimum atomic E-state index is -1.23. The second kappa shape index (κ2) is 16.3. The molecule has 1 fully saturated rings. The van der Waals surface area contributed by atoms with E-state index in [1.54, 1.807) is 66.8 Å². The SMILES string of the molecule is CC(C)[C@H]1COCCCCOC[C@@H](CC(=O)C[C@@](C)(Cc2ccc(NC(=O)OC(C)(C)C)nc2)C(=O)OC(C)(C)C)C(=O)N1. The molecule has 1 saturated heterocycles. The fraction of sp³-hybridized carbons (Fsp3) is 0.727. The van der Waals surface area contributed by atoms with E-state index < -0.39 is 34.6 Å². The van der Waals surface area contributed by atoms with Crippen molar-refractivity contribution >= 4 is 29.6 Å². The normalized spacial score (nSPS) is 20.4. The van der Waals surface area contributed by atoms with Crippen LogP contribution < -0.4 is 10.6 Å². The van der Waals surface area contributed by atoms with E-state index in [4.69, 9.17) is 18.9 Å². The molecule has 1 aromatic heterocycles. The van der Waals surface area contributed by atoms with Gasteiger partial charge in [-0.05, 0) is 85.3 Å². The number of nitrogens with zero attached hydrogens (tertiary/aromatic N) is 1. The van der Waals surface area contributed by atoms with Gasteiger partial charge in [0.25, 0.3) is 0 Å². The number of Topliss-reactive ketones (excluding diaryl/α,β-unsaturated/α-hetero) is 1. The molecule has 1 aromatic rings. The van der Waals surface area contributed by atoms with E-state index >= 15 is 0 Å². The summed E-state index contributed by atoms with van der Waals surface area (Å²) in [5, 5.41) is 5.63. The van der Waals surface area contributed by atoms with E-state index in [1.807, 2.05) is 13.8 Å². The van der Waals surface area contributed by atoms with Crippen LogP contribution in [0.15, 0.2) is 18.3 Å². The van der Waals surface area contributed by atoms with Crippen molar-refractivity contribution in [3.63, 3.8) is 0 Å². The molecule has 0 bridgehead atoms. The molecular weight excluding hydrogens is 566 g/mol. The zero-order valence-corrected chi connectivity index (χ0v) is 28.0. The number of anilines is 1. The molecule has 3 atom stereocenters. The lowest BCUT2D eigenvalue weighted by Gasteiger charge is -2.32. The van der Waals surface area contributed by atoms with Crippen molar-refractivity contribution in [2.24, 2.45) is 17.3 Å². The van der Waals surface area contributed by atoms with Gasteiger partial charge < -0.3 is 24.3 Å². The summed E-state index contributed by atoms with van der Waals surface area (Å²) in [6.45, 7) is 17.9. The maximum Gasteiger partial charge on any atom is 0.413 e. The third-order valence-corrected chi connectivity index (χ3v) is 6.95. The predicted octanol–water partition coefficient (Wildman–Crippen LogP) is 5.25. The standard InChI is InChI=1S/C33H53N3O8/c1-22(2)26-21-42-15-11-10-14-41-20-24(28(38)35-26)16-25(37)18-33(9,29(39)43-31(3,4)5)17-23-12-13-27(34-19-23)36-30(40)44-32(6,7)8/h12-13,19,22,24,26H,10-11,14-18,20-21H2,1-9H3,(H,35,38)(H,34,36,40)/t24-,26-,33-/m1/s1. The molecule has 2 rings (SSSR count). The van der Waals surface area contributed by atoms with Crippen LogP contribution in [-0.2, 0) is 39.8 Å². The summed E-state index contributed by atoms with van der Waals surface area (Å²) in [5.41, 5.74) is -1.98. The maximum atomic E-state index is 13.6. The maximum absolute atomic E-state index is 13.6. The largest absolute Gasteiger partial charge is 0.460 e. The van der Waals surface area contributed by atoms with E-state index in [-0.39, 0.29) is 55.3 Å². The topological polar surface area (TPSA) is 142 Å². The number of ether oxygens (including phenoxy) is 4. The summed E-state index contributed by atoms with van der Waals surface area (Å²) < 4.78 is 22.5. The van der Waals surface area contributed by atoms with Crippen LogP contribution in [0.5, 0.6) is 0 Å². The lowest BCUT2D eigenvalue weighted by Crippen LogP contribution is -2.46. The summed E-state index contributed by atoms with van der Waals surface area (Å²) in [4.78, 5) is 56.8. The molecule has 44 heavy (non-hydrogen) atoms. The Bertz CT molecular complexity index is 1110. The first kappa shape index (κ1) is 37.1. The second-order valence-corrected chi connectivity index (χ2v) is 14.3. The first-order valence-corrected chi connectivity index (χ1v) is 15.5. The van der Waals surface area contributed by atoms with Gasteiger partial charge in [0.1, 0.15) is 22.8 Å². The van der Waals surface area contributed by atoms with Crippen molar-refractivity contribution in [3.8, 4) is 0 Å². The van der Waals surface area contributed by atoms with E-state index in [0.29, 0.717) is 25.4 Å². The second-order valence-electron chi connectivity index (χ2n) is 14.3. The van der Waals surface area contributed by atoms with Gasteiger partial charge in [-0.1, -0.05) is 19.9 Å². The quantitative estimate of drug-likeness (QED) is 0.354. The zero-order valence-electron chi connectivity index (χ0n) is 28.0. The third-order valence-electron chi connectivity index (χ3n) is 6.95. The molecule has 11 heteroatoms. The third kappa shape index (κ3) is 13.7. The zero-order chi connectivity index (χ0) is 33.1. The number of ketones is 1. The number of aromatic nitrogens is 1. The number of rotatable bonds is 9. The predicted molar refractivity (Wildman–Crippen MR) is 167 cm³/mol. The minimum Gasteiger partial charge on any atom is -0.460 e. The average Bonchev–Trinajstić information content (AvgIpc) is 2.86. The number of esters is 1. The van der Waals surface area contributed by atoms with Crippen LogP contribution in [0, 0.1) is 17.3 Å². The molecule has 2 N–H and O–H groups in total. The summed E-state index contributed by atoms with van der Waals surface area (Å²) in [6, 6.07) is 3.15. The number of hydrogen-bond acceptors (Lipinski definition) is 9. The number of hydrogen-bond donors (Lipinski definition) is 2. The smallest absolute Gasteiger partial charge is 0.413 e. The first-order chi connectivity index (χ1) is 20.4. The van der Waals surface area contributed by atoms with Gasteiger partial charge in [0.05, 0.1) is 30.6 Å². The average molecular weight is 620 g/mol. The molecule has 2 heterocycles. The summed E-state index contributed by atoms with van der Waals surface area (Å²) >= 11 is 0. The van der Waals surface area contributed by atoms with Crippen LogP contribution in [-0.4, -0.2) is 72.4 Å². The van der Waals surface area contributed by atoms with Crippen molar-refractivity contribution in [2.45, 2.75) is 112 Å². The van der Waals surface area contributed by atoms with Crippen LogP contribution in [0.25, 0.3) is 0 Å².